The minimum Gasteiger partial charge on any atom is -0.356 e. The second-order valence-corrected chi connectivity index (χ2v) is 7.48. The Bertz CT molecular complexity index is 288. The minimum absolute atomic E-state index is 0.252. The first kappa shape index (κ1) is 24.2. The number of carbonyl (C=O) groups is 1. The van der Waals surface area contributed by atoms with Crippen LogP contribution in [0.3, 0.4) is 0 Å². The standard InChI is InChI=1S/C23H45NO/c1-3-5-7-9-11-13-14-16-18-20-22-24-23(25)21-19-17-15-12-10-8-6-4-2/h4H,2-3,5-22H2,1H3,(H,24,25). The fraction of sp³-hybridized carbons (Fsp3) is 0.870. The normalized spacial score (nSPS) is 10.8. The highest BCUT2D eigenvalue weighted by atomic mass is 16.1. The third kappa shape index (κ3) is 21.2. The molecular formula is C23H45NO. The molecule has 0 fully saturated rings. The van der Waals surface area contributed by atoms with Crippen LogP contribution in [0.4, 0.5) is 0 Å². The predicted octanol–water partition coefficient (Wildman–Crippen LogP) is 7.33. The first-order chi connectivity index (χ1) is 12.3. The summed E-state index contributed by atoms with van der Waals surface area (Å²) in [6.45, 7) is 6.89. The highest BCUT2D eigenvalue weighted by Gasteiger charge is 2.00. The van der Waals surface area contributed by atoms with Crippen molar-refractivity contribution in [3.8, 4) is 0 Å². The molecule has 0 saturated carbocycles. The van der Waals surface area contributed by atoms with Crippen molar-refractivity contribution in [1.82, 2.24) is 5.32 Å². The number of rotatable bonds is 20. The van der Waals surface area contributed by atoms with E-state index in [1.165, 1.54) is 89.9 Å². The number of unbranched alkanes of at least 4 members (excludes halogenated alkanes) is 15. The molecule has 0 aromatic rings. The number of hydrogen-bond donors (Lipinski definition) is 1. The van der Waals surface area contributed by atoms with E-state index in [0.29, 0.717) is 6.42 Å². The Balaban J connectivity index is 3.14. The van der Waals surface area contributed by atoms with Crippen LogP contribution in [0.2, 0.25) is 0 Å². The van der Waals surface area contributed by atoms with Crippen LogP contribution in [0.5, 0.6) is 0 Å². The van der Waals surface area contributed by atoms with E-state index in [1.807, 2.05) is 6.08 Å². The third-order valence-electron chi connectivity index (χ3n) is 4.91. The van der Waals surface area contributed by atoms with Gasteiger partial charge in [-0.25, -0.2) is 0 Å². The molecule has 0 rings (SSSR count). The molecule has 1 N–H and O–H groups in total. The second kappa shape index (κ2) is 21.3. The summed E-state index contributed by atoms with van der Waals surface area (Å²) in [7, 11) is 0. The predicted molar refractivity (Wildman–Crippen MR) is 112 cm³/mol. The number of carbonyl (C=O) groups excluding carboxylic acids is 1. The average Bonchev–Trinajstić information content (AvgIpc) is 2.62. The van der Waals surface area contributed by atoms with Crippen LogP contribution in [0.1, 0.15) is 122 Å². The lowest BCUT2D eigenvalue weighted by Gasteiger charge is -2.06. The molecule has 0 aliphatic heterocycles. The largest absolute Gasteiger partial charge is 0.356 e. The van der Waals surface area contributed by atoms with Crippen molar-refractivity contribution in [2.75, 3.05) is 6.54 Å². The third-order valence-corrected chi connectivity index (χ3v) is 4.91. The van der Waals surface area contributed by atoms with Crippen LogP contribution in [-0.4, -0.2) is 12.5 Å². The molecule has 0 saturated heterocycles. The van der Waals surface area contributed by atoms with Crippen molar-refractivity contribution in [3.05, 3.63) is 12.7 Å². The molecule has 0 aromatic heterocycles. The Labute approximate surface area is 158 Å². The van der Waals surface area contributed by atoms with E-state index in [9.17, 15) is 4.79 Å². The molecule has 0 aliphatic rings. The van der Waals surface area contributed by atoms with E-state index in [2.05, 4.69) is 18.8 Å². The maximum absolute atomic E-state index is 11.8. The van der Waals surface area contributed by atoms with Crippen LogP contribution >= 0.6 is 0 Å². The Kier molecular flexibility index (Phi) is 20.6. The minimum atomic E-state index is 0.252. The lowest BCUT2D eigenvalue weighted by Crippen LogP contribution is -2.23. The Morgan fingerprint density at radius 1 is 0.720 bits per heavy atom. The summed E-state index contributed by atoms with van der Waals surface area (Å²) in [5.74, 6) is 0.252. The van der Waals surface area contributed by atoms with Crippen molar-refractivity contribution in [1.29, 1.82) is 0 Å². The number of hydrogen-bond acceptors (Lipinski definition) is 1. The summed E-state index contributed by atoms with van der Waals surface area (Å²) < 4.78 is 0. The summed E-state index contributed by atoms with van der Waals surface area (Å²) in [5.41, 5.74) is 0. The molecule has 1 amide bonds. The summed E-state index contributed by atoms with van der Waals surface area (Å²) in [6.07, 6.45) is 24.7. The summed E-state index contributed by atoms with van der Waals surface area (Å²) in [6, 6.07) is 0. The van der Waals surface area contributed by atoms with E-state index in [0.717, 1.165) is 25.8 Å². The molecule has 25 heavy (non-hydrogen) atoms. The quantitative estimate of drug-likeness (QED) is 0.180. The molecule has 0 radical (unpaired) electrons. The average molecular weight is 352 g/mol. The van der Waals surface area contributed by atoms with Gasteiger partial charge in [0.05, 0.1) is 0 Å². The maximum atomic E-state index is 11.8. The van der Waals surface area contributed by atoms with Gasteiger partial charge in [-0.3, -0.25) is 4.79 Å². The first-order valence-electron chi connectivity index (χ1n) is 11.2. The maximum Gasteiger partial charge on any atom is 0.219 e. The van der Waals surface area contributed by atoms with Gasteiger partial charge in [0.25, 0.3) is 0 Å². The molecule has 148 valence electrons. The Hall–Kier alpha value is -0.790. The van der Waals surface area contributed by atoms with E-state index >= 15 is 0 Å². The molecule has 0 aliphatic carbocycles. The van der Waals surface area contributed by atoms with Gasteiger partial charge in [0.15, 0.2) is 0 Å². The van der Waals surface area contributed by atoms with Gasteiger partial charge in [-0.05, 0) is 25.7 Å². The van der Waals surface area contributed by atoms with E-state index < -0.39 is 0 Å². The lowest BCUT2D eigenvalue weighted by molar-refractivity contribution is -0.121. The smallest absolute Gasteiger partial charge is 0.219 e. The number of amides is 1. The van der Waals surface area contributed by atoms with Gasteiger partial charge in [0.2, 0.25) is 5.91 Å². The monoisotopic (exact) mass is 351 g/mol. The zero-order valence-corrected chi connectivity index (χ0v) is 17.1. The van der Waals surface area contributed by atoms with Crippen LogP contribution in [0.25, 0.3) is 0 Å². The zero-order valence-electron chi connectivity index (χ0n) is 17.1. The summed E-state index contributed by atoms with van der Waals surface area (Å²) in [4.78, 5) is 11.8. The highest BCUT2D eigenvalue weighted by molar-refractivity contribution is 5.75. The molecule has 2 heteroatoms. The number of allylic oxidation sites excluding steroid dienone is 1. The SMILES string of the molecule is C=CCCCCCCCCC(=O)NCCCCCCCCCCCC. The van der Waals surface area contributed by atoms with Crippen molar-refractivity contribution in [2.24, 2.45) is 0 Å². The zero-order chi connectivity index (χ0) is 18.4. The Morgan fingerprint density at radius 3 is 1.76 bits per heavy atom. The van der Waals surface area contributed by atoms with Gasteiger partial charge in [0, 0.05) is 13.0 Å². The van der Waals surface area contributed by atoms with Gasteiger partial charge in [-0.2, -0.15) is 0 Å². The van der Waals surface area contributed by atoms with E-state index in [-0.39, 0.29) is 5.91 Å². The van der Waals surface area contributed by atoms with Crippen LogP contribution in [0.15, 0.2) is 12.7 Å². The van der Waals surface area contributed by atoms with Gasteiger partial charge in [0.1, 0.15) is 0 Å². The fourth-order valence-electron chi connectivity index (χ4n) is 3.21. The molecule has 0 spiro atoms. The van der Waals surface area contributed by atoms with E-state index in [4.69, 9.17) is 0 Å². The van der Waals surface area contributed by atoms with E-state index in [1.54, 1.807) is 0 Å². The fourth-order valence-corrected chi connectivity index (χ4v) is 3.21. The topological polar surface area (TPSA) is 29.1 Å². The highest BCUT2D eigenvalue weighted by Crippen LogP contribution is 2.11. The van der Waals surface area contributed by atoms with Gasteiger partial charge in [-0.15, -0.1) is 6.58 Å². The summed E-state index contributed by atoms with van der Waals surface area (Å²) in [5, 5.41) is 3.08. The molecule has 0 aromatic carbocycles. The first-order valence-corrected chi connectivity index (χ1v) is 11.2. The second-order valence-electron chi connectivity index (χ2n) is 7.48. The molecule has 2 nitrogen and oxygen atoms in total. The van der Waals surface area contributed by atoms with Crippen molar-refractivity contribution < 1.29 is 4.79 Å². The Morgan fingerprint density at radius 2 is 1.20 bits per heavy atom. The molecule has 0 heterocycles. The molecule has 0 unspecified atom stereocenters. The van der Waals surface area contributed by atoms with Gasteiger partial charge >= 0.3 is 0 Å². The molecule has 0 atom stereocenters. The van der Waals surface area contributed by atoms with Crippen molar-refractivity contribution >= 4 is 5.91 Å². The molecule has 0 bridgehead atoms. The lowest BCUT2D eigenvalue weighted by atomic mass is 10.1. The van der Waals surface area contributed by atoms with Gasteiger partial charge in [-0.1, -0.05) is 96.5 Å². The van der Waals surface area contributed by atoms with Crippen LogP contribution in [0, 0.1) is 0 Å². The number of nitrogens with one attached hydrogen (secondary N) is 1. The van der Waals surface area contributed by atoms with Crippen LogP contribution < -0.4 is 5.32 Å². The van der Waals surface area contributed by atoms with Crippen molar-refractivity contribution in [2.45, 2.75) is 122 Å². The molecular weight excluding hydrogens is 306 g/mol. The van der Waals surface area contributed by atoms with Crippen molar-refractivity contribution in [3.63, 3.8) is 0 Å². The van der Waals surface area contributed by atoms with Crippen LogP contribution in [-0.2, 0) is 4.79 Å². The van der Waals surface area contributed by atoms with Gasteiger partial charge < -0.3 is 5.32 Å². The summed E-state index contributed by atoms with van der Waals surface area (Å²) >= 11 is 0.